The van der Waals surface area contributed by atoms with Gasteiger partial charge in [-0.25, -0.2) is 0 Å². The molecular weight excluding hydrogens is 204 g/mol. The number of allylic oxidation sites excluding steroid dienone is 3. The maximum absolute atomic E-state index is 3.98. The summed E-state index contributed by atoms with van der Waals surface area (Å²) in [6.07, 6.45) is 5.01. The topological polar surface area (TPSA) is 0 Å². The van der Waals surface area contributed by atoms with Crippen LogP contribution in [0, 0.1) is 18.3 Å². The van der Waals surface area contributed by atoms with Gasteiger partial charge < -0.3 is 0 Å². The van der Waals surface area contributed by atoms with E-state index in [1.807, 2.05) is 32.4 Å². The summed E-state index contributed by atoms with van der Waals surface area (Å²) in [6, 6.07) is 8.20. The molecule has 0 heterocycles. The van der Waals surface area contributed by atoms with E-state index in [4.69, 9.17) is 0 Å². The fourth-order valence-electron chi connectivity index (χ4n) is 1.58. The molecule has 0 heteroatoms. The molecule has 0 amide bonds. The summed E-state index contributed by atoms with van der Waals surface area (Å²) in [4.78, 5) is 0. The molecule has 0 saturated carbocycles. The molecule has 1 aromatic carbocycles. The molecular formula is C17H19+. The van der Waals surface area contributed by atoms with Crippen molar-refractivity contribution < 1.29 is 0 Å². The molecule has 0 unspecified atom stereocenters. The molecule has 0 spiro atoms. The fourth-order valence-corrected chi connectivity index (χ4v) is 1.58. The normalized spacial score (nSPS) is 10.4. The Hall–Kier alpha value is -1.87. The minimum Gasteiger partial charge on any atom is -0.0856 e. The monoisotopic (exact) mass is 223 g/mol. The molecule has 0 fully saturated rings. The highest BCUT2D eigenvalue weighted by molar-refractivity contribution is 5.66. The molecule has 1 rings (SSSR count). The zero-order chi connectivity index (χ0) is 12.7. The molecule has 0 aliphatic rings. The Kier molecular flexibility index (Phi) is 5.17. The highest BCUT2D eigenvalue weighted by Gasteiger charge is 2.07. The van der Waals surface area contributed by atoms with Gasteiger partial charge in [0.2, 0.25) is 0 Å². The van der Waals surface area contributed by atoms with Gasteiger partial charge in [-0.2, -0.15) is 0 Å². The van der Waals surface area contributed by atoms with Crippen LogP contribution in [-0.4, -0.2) is 0 Å². The summed E-state index contributed by atoms with van der Waals surface area (Å²) in [5.74, 6) is 6.27. The van der Waals surface area contributed by atoms with E-state index < -0.39 is 0 Å². The molecule has 0 atom stereocenters. The van der Waals surface area contributed by atoms with Crippen LogP contribution in [0.5, 0.6) is 0 Å². The Bertz CT molecular complexity index is 478. The van der Waals surface area contributed by atoms with Gasteiger partial charge in [-0.15, -0.1) is 0 Å². The maximum atomic E-state index is 3.98. The summed E-state index contributed by atoms with van der Waals surface area (Å²) in [6.45, 7) is 10.1. The van der Waals surface area contributed by atoms with Crippen LogP contribution >= 0.6 is 0 Å². The third kappa shape index (κ3) is 3.89. The summed E-state index contributed by atoms with van der Waals surface area (Å²) in [5, 5.41) is 0. The van der Waals surface area contributed by atoms with Crippen molar-refractivity contribution in [1.29, 1.82) is 0 Å². The average molecular weight is 223 g/mol. The van der Waals surface area contributed by atoms with Crippen molar-refractivity contribution in [2.24, 2.45) is 0 Å². The standard InChI is InChI=1S/C17H19/c1-5-15(6-2)10-9-12-16-11-7-8-13-17(16)14(3)4/h5,7-8,11-13H,3,6H2,1-2,4H3/q+1/b15-5-. The summed E-state index contributed by atoms with van der Waals surface area (Å²) in [7, 11) is 0. The van der Waals surface area contributed by atoms with Crippen LogP contribution in [0.4, 0.5) is 0 Å². The van der Waals surface area contributed by atoms with Crippen LogP contribution < -0.4 is 0 Å². The van der Waals surface area contributed by atoms with E-state index in [1.54, 1.807) is 0 Å². The van der Waals surface area contributed by atoms with Gasteiger partial charge in [-0.1, -0.05) is 19.6 Å². The predicted molar refractivity (Wildman–Crippen MR) is 76.4 cm³/mol. The first-order valence-electron chi connectivity index (χ1n) is 5.93. The van der Waals surface area contributed by atoms with Crippen molar-refractivity contribution in [2.75, 3.05) is 0 Å². The third-order valence-corrected chi connectivity index (χ3v) is 2.61. The molecule has 17 heavy (non-hydrogen) atoms. The van der Waals surface area contributed by atoms with Crippen LogP contribution in [0.15, 0.2) is 42.5 Å². The molecule has 0 nitrogen and oxygen atoms in total. The fraction of sp³-hybridized carbons (Fsp3) is 0.235. The van der Waals surface area contributed by atoms with Crippen LogP contribution in [0.1, 0.15) is 38.3 Å². The molecule has 0 N–H and O–H groups in total. The smallest absolute Gasteiger partial charge is 0.0856 e. The van der Waals surface area contributed by atoms with E-state index in [-0.39, 0.29) is 0 Å². The molecule has 0 saturated heterocycles. The van der Waals surface area contributed by atoms with Gasteiger partial charge in [0, 0.05) is 23.5 Å². The Labute approximate surface area is 105 Å². The SMILES string of the molecule is C=C(C)c1ccccc1[CH+]C#C/C(=C\C)CC. The van der Waals surface area contributed by atoms with Crippen molar-refractivity contribution in [1.82, 2.24) is 0 Å². The third-order valence-electron chi connectivity index (χ3n) is 2.61. The maximum Gasteiger partial charge on any atom is 0.111 e. The largest absolute Gasteiger partial charge is 0.111 e. The molecule has 0 aromatic heterocycles. The minimum absolute atomic E-state index is 0.986. The van der Waals surface area contributed by atoms with E-state index in [0.717, 1.165) is 17.6 Å². The lowest BCUT2D eigenvalue weighted by molar-refractivity contribution is 1.16. The lowest BCUT2D eigenvalue weighted by Gasteiger charge is -1.98. The average Bonchev–Trinajstić information content (AvgIpc) is 2.35. The van der Waals surface area contributed by atoms with E-state index in [9.17, 15) is 0 Å². The van der Waals surface area contributed by atoms with Gasteiger partial charge in [-0.05, 0) is 44.0 Å². The Morgan fingerprint density at radius 1 is 1.41 bits per heavy atom. The van der Waals surface area contributed by atoms with Crippen molar-refractivity contribution in [3.8, 4) is 11.8 Å². The van der Waals surface area contributed by atoms with E-state index in [0.29, 0.717) is 0 Å². The lowest BCUT2D eigenvalue weighted by Crippen LogP contribution is -1.87. The van der Waals surface area contributed by atoms with Crippen molar-refractivity contribution in [3.63, 3.8) is 0 Å². The molecule has 0 aliphatic carbocycles. The Morgan fingerprint density at radius 3 is 2.71 bits per heavy atom. The molecule has 0 aliphatic heterocycles. The molecule has 0 bridgehead atoms. The molecule has 0 radical (unpaired) electrons. The van der Waals surface area contributed by atoms with Gasteiger partial charge in [0.1, 0.15) is 5.56 Å². The second kappa shape index (κ2) is 6.66. The van der Waals surface area contributed by atoms with Crippen LogP contribution in [-0.2, 0) is 0 Å². The van der Waals surface area contributed by atoms with Gasteiger partial charge in [0.25, 0.3) is 0 Å². The number of benzene rings is 1. The number of hydrogen-bond donors (Lipinski definition) is 0. The number of hydrogen-bond acceptors (Lipinski definition) is 0. The first-order valence-corrected chi connectivity index (χ1v) is 5.93. The summed E-state index contributed by atoms with van der Waals surface area (Å²) >= 11 is 0. The molecule has 1 aromatic rings. The van der Waals surface area contributed by atoms with E-state index in [2.05, 4.69) is 43.6 Å². The quantitative estimate of drug-likeness (QED) is 0.517. The van der Waals surface area contributed by atoms with E-state index >= 15 is 0 Å². The van der Waals surface area contributed by atoms with Gasteiger partial charge in [-0.3, -0.25) is 0 Å². The highest BCUT2D eigenvalue weighted by Crippen LogP contribution is 2.18. The second-order valence-corrected chi connectivity index (χ2v) is 3.95. The molecule has 86 valence electrons. The Balaban J connectivity index is 2.86. The van der Waals surface area contributed by atoms with Crippen LogP contribution in [0.3, 0.4) is 0 Å². The lowest BCUT2D eigenvalue weighted by atomic mass is 10.00. The van der Waals surface area contributed by atoms with Gasteiger partial charge in [0.05, 0.1) is 12.0 Å². The Morgan fingerprint density at radius 2 is 2.12 bits per heavy atom. The summed E-state index contributed by atoms with van der Waals surface area (Å²) in [5.41, 5.74) is 4.55. The van der Waals surface area contributed by atoms with Gasteiger partial charge in [0.15, 0.2) is 0 Å². The summed E-state index contributed by atoms with van der Waals surface area (Å²) < 4.78 is 0. The van der Waals surface area contributed by atoms with Gasteiger partial charge >= 0.3 is 0 Å². The van der Waals surface area contributed by atoms with Crippen molar-refractivity contribution in [2.45, 2.75) is 27.2 Å². The van der Waals surface area contributed by atoms with Crippen molar-refractivity contribution >= 4 is 5.57 Å². The first-order chi connectivity index (χ1) is 8.19. The van der Waals surface area contributed by atoms with Crippen LogP contribution in [0.25, 0.3) is 5.57 Å². The van der Waals surface area contributed by atoms with E-state index in [1.165, 1.54) is 11.1 Å². The second-order valence-electron chi connectivity index (χ2n) is 3.95. The van der Waals surface area contributed by atoms with Crippen LogP contribution in [0.2, 0.25) is 0 Å². The zero-order valence-electron chi connectivity index (χ0n) is 10.9. The predicted octanol–water partition coefficient (Wildman–Crippen LogP) is 4.63. The number of rotatable bonds is 3. The first kappa shape index (κ1) is 13.2. The zero-order valence-corrected chi connectivity index (χ0v) is 10.9. The minimum atomic E-state index is 0.986. The van der Waals surface area contributed by atoms with Crippen molar-refractivity contribution in [3.05, 3.63) is 60.0 Å². The highest BCUT2D eigenvalue weighted by atomic mass is 14.0.